The van der Waals surface area contributed by atoms with Crippen LogP contribution in [0.15, 0.2) is 47.7 Å². The predicted octanol–water partition coefficient (Wildman–Crippen LogP) is 4.72. The average Bonchev–Trinajstić information content (AvgIpc) is 3.13. The van der Waals surface area contributed by atoms with Gasteiger partial charge in [0.2, 0.25) is 11.7 Å². The lowest BCUT2D eigenvalue weighted by molar-refractivity contribution is -0.118. The Balaban J connectivity index is 1.83. The van der Waals surface area contributed by atoms with Gasteiger partial charge in [-0.1, -0.05) is 26.0 Å². The Bertz CT molecular complexity index is 1270. The number of carbonyl (C=O) groups is 1. The number of Topliss-reactive ketones (excluding diaryl/α,β-unsaturated/α-hetero) is 1. The Morgan fingerprint density at radius 2 is 1.75 bits per heavy atom. The number of imidazole rings is 1. The second-order valence-electron chi connectivity index (χ2n) is 9.08. The van der Waals surface area contributed by atoms with Gasteiger partial charge < -0.3 is 19.5 Å². The van der Waals surface area contributed by atoms with E-state index < -0.39 is 6.04 Å². The lowest BCUT2D eigenvalue weighted by Crippen LogP contribution is -2.36. The van der Waals surface area contributed by atoms with Crippen molar-refractivity contribution in [1.82, 2.24) is 9.55 Å². The minimum Gasteiger partial charge on any atom is -0.493 e. The first-order chi connectivity index (χ1) is 15.4. The first kappa shape index (κ1) is 20.4. The Labute approximate surface area is 187 Å². The summed E-state index contributed by atoms with van der Waals surface area (Å²) in [5.41, 5.74) is 4.20. The number of rotatable bonds is 4. The van der Waals surface area contributed by atoms with Crippen molar-refractivity contribution in [1.29, 1.82) is 0 Å². The molecule has 2 aliphatic rings. The summed E-state index contributed by atoms with van der Waals surface area (Å²) in [5.74, 6) is 2.48. The summed E-state index contributed by atoms with van der Waals surface area (Å²) in [7, 11) is 4.79. The molecule has 2 heterocycles. The lowest BCUT2D eigenvalue weighted by Gasteiger charge is -2.39. The van der Waals surface area contributed by atoms with Crippen molar-refractivity contribution in [3.05, 3.63) is 53.2 Å². The molecule has 1 unspecified atom stereocenters. The van der Waals surface area contributed by atoms with Crippen LogP contribution in [0.2, 0.25) is 0 Å². The van der Waals surface area contributed by atoms with Crippen molar-refractivity contribution in [2.24, 2.45) is 5.41 Å². The number of benzene rings is 2. The zero-order valence-electron chi connectivity index (χ0n) is 19.0. The molecule has 3 aromatic rings. The van der Waals surface area contributed by atoms with Gasteiger partial charge in [-0.3, -0.25) is 9.36 Å². The molecule has 0 radical (unpaired) electrons. The summed E-state index contributed by atoms with van der Waals surface area (Å²) < 4.78 is 19.1. The maximum Gasteiger partial charge on any atom is 0.209 e. The first-order valence-electron chi connectivity index (χ1n) is 10.7. The van der Waals surface area contributed by atoms with E-state index in [-0.39, 0.29) is 11.2 Å². The molecular formula is C25H27N3O4. The van der Waals surface area contributed by atoms with Crippen LogP contribution in [0.4, 0.5) is 5.95 Å². The molecule has 0 bridgehead atoms. The van der Waals surface area contributed by atoms with Crippen molar-refractivity contribution in [3.63, 3.8) is 0 Å². The first-order valence-corrected chi connectivity index (χ1v) is 10.7. The van der Waals surface area contributed by atoms with Gasteiger partial charge in [0, 0.05) is 23.3 Å². The Morgan fingerprint density at radius 1 is 1.00 bits per heavy atom. The Morgan fingerprint density at radius 3 is 2.47 bits per heavy atom. The standard InChI is InChI=1S/C25H27N3O4/c1-25(2)12-16-20(18(29)13-25)21(14-10-11-19(30-3)23(32-5)22(14)31-4)28-17-9-7-6-8-15(17)26-24(28)27-16/h6-11,21H,12-13H2,1-5H3,(H,26,27). The fraction of sp³-hybridized carbons (Fsp3) is 0.360. The minimum absolute atomic E-state index is 0.122. The van der Waals surface area contributed by atoms with Gasteiger partial charge in [-0.15, -0.1) is 0 Å². The summed E-state index contributed by atoms with van der Waals surface area (Å²) in [4.78, 5) is 18.4. The number of nitrogens with one attached hydrogen (secondary N) is 1. The van der Waals surface area contributed by atoms with Gasteiger partial charge in [0.1, 0.15) is 0 Å². The van der Waals surface area contributed by atoms with E-state index in [1.54, 1.807) is 21.3 Å². The van der Waals surface area contributed by atoms with Gasteiger partial charge in [0.25, 0.3) is 0 Å². The molecule has 1 aliphatic heterocycles. The van der Waals surface area contributed by atoms with Crippen LogP contribution in [0.1, 0.15) is 38.3 Å². The van der Waals surface area contributed by atoms with E-state index >= 15 is 0 Å². The van der Waals surface area contributed by atoms with E-state index in [9.17, 15) is 4.79 Å². The van der Waals surface area contributed by atoms with Crippen LogP contribution in [-0.4, -0.2) is 36.7 Å². The van der Waals surface area contributed by atoms with Crippen LogP contribution in [-0.2, 0) is 4.79 Å². The molecule has 1 aliphatic carbocycles. The van der Waals surface area contributed by atoms with Gasteiger partial charge in [-0.2, -0.15) is 0 Å². The highest BCUT2D eigenvalue weighted by Gasteiger charge is 2.43. The number of ether oxygens (including phenoxy) is 3. The highest BCUT2D eigenvalue weighted by molar-refractivity contribution is 6.01. The Hall–Kier alpha value is -3.48. The number of aromatic nitrogens is 2. The highest BCUT2D eigenvalue weighted by Crippen LogP contribution is 2.51. The molecule has 2 aromatic carbocycles. The lowest BCUT2D eigenvalue weighted by atomic mass is 9.73. The average molecular weight is 434 g/mol. The van der Waals surface area contributed by atoms with E-state index in [4.69, 9.17) is 19.2 Å². The van der Waals surface area contributed by atoms with Crippen molar-refractivity contribution in [2.45, 2.75) is 32.7 Å². The molecule has 166 valence electrons. The van der Waals surface area contributed by atoms with E-state index in [0.717, 1.165) is 40.2 Å². The van der Waals surface area contributed by atoms with Crippen molar-refractivity contribution >= 4 is 22.8 Å². The molecule has 32 heavy (non-hydrogen) atoms. The third-order valence-corrected chi connectivity index (χ3v) is 6.34. The largest absolute Gasteiger partial charge is 0.493 e. The van der Waals surface area contributed by atoms with Crippen molar-refractivity contribution < 1.29 is 19.0 Å². The summed E-state index contributed by atoms with van der Waals surface area (Å²) in [5, 5.41) is 3.48. The molecule has 0 amide bonds. The number of fused-ring (bicyclic) bond motifs is 3. The molecule has 0 saturated carbocycles. The second-order valence-corrected chi connectivity index (χ2v) is 9.08. The topological polar surface area (TPSA) is 74.6 Å². The molecule has 1 atom stereocenters. The predicted molar refractivity (Wildman–Crippen MR) is 123 cm³/mol. The summed E-state index contributed by atoms with van der Waals surface area (Å²) in [6.07, 6.45) is 1.25. The summed E-state index contributed by atoms with van der Waals surface area (Å²) >= 11 is 0. The molecule has 0 fully saturated rings. The number of carbonyl (C=O) groups excluding carboxylic acids is 1. The molecule has 5 rings (SSSR count). The molecular weight excluding hydrogens is 406 g/mol. The van der Waals surface area contributed by atoms with Crippen molar-refractivity contribution in [2.75, 3.05) is 26.6 Å². The van der Waals surface area contributed by atoms with Gasteiger partial charge in [0.15, 0.2) is 17.3 Å². The summed E-state index contributed by atoms with van der Waals surface area (Å²) in [6.45, 7) is 4.25. The number of allylic oxidation sites excluding steroid dienone is 2. The van der Waals surface area contributed by atoms with Gasteiger partial charge >= 0.3 is 0 Å². The van der Waals surface area contributed by atoms with Crippen LogP contribution < -0.4 is 19.5 Å². The maximum absolute atomic E-state index is 13.5. The van der Waals surface area contributed by atoms with Crippen LogP contribution in [0, 0.1) is 5.41 Å². The van der Waals surface area contributed by atoms with Crippen LogP contribution >= 0.6 is 0 Å². The van der Waals surface area contributed by atoms with Crippen LogP contribution in [0.5, 0.6) is 17.2 Å². The zero-order valence-corrected chi connectivity index (χ0v) is 19.0. The van der Waals surface area contributed by atoms with Gasteiger partial charge in [0.05, 0.1) is 38.4 Å². The smallest absolute Gasteiger partial charge is 0.209 e. The van der Waals surface area contributed by atoms with Gasteiger partial charge in [-0.05, 0) is 36.1 Å². The summed E-state index contributed by atoms with van der Waals surface area (Å²) in [6, 6.07) is 11.4. The van der Waals surface area contributed by atoms with Crippen LogP contribution in [0.3, 0.4) is 0 Å². The van der Waals surface area contributed by atoms with Crippen molar-refractivity contribution in [3.8, 4) is 17.2 Å². The number of hydrogen-bond acceptors (Lipinski definition) is 6. The third kappa shape index (κ3) is 2.95. The van der Waals surface area contributed by atoms with E-state index in [1.807, 2.05) is 36.4 Å². The minimum atomic E-state index is -0.396. The third-order valence-electron chi connectivity index (χ3n) is 6.34. The molecule has 1 N–H and O–H groups in total. The number of nitrogens with zero attached hydrogens (tertiary/aromatic N) is 2. The molecule has 0 spiro atoms. The SMILES string of the molecule is COc1ccc(C2C3=C(CC(C)(C)CC3=O)Nc3nc4ccccc4n32)c(OC)c1OC. The quantitative estimate of drug-likeness (QED) is 0.642. The zero-order chi connectivity index (χ0) is 22.6. The number of ketones is 1. The molecule has 7 nitrogen and oxygen atoms in total. The van der Waals surface area contributed by atoms with Gasteiger partial charge in [-0.25, -0.2) is 4.98 Å². The maximum atomic E-state index is 13.5. The van der Waals surface area contributed by atoms with E-state index in [1.165, 1.54) is 0 Å². The molecule has 7 heteroatoms. The number of anilines is 1. The fourth-order valence-electron chi connectivity index (χ4n) is 5.06. The van der Waals surface area contributed by atoms with E-state index in [0.29, 0.717) is 23.7 Å². The Kier molecular flexibility index (Phi) is 4.65. The molecule has 0 saturated heterocycles. The monoisotopic (exact) mass is 433 g/mol. The second kappa shape index (κ2) is 7.29. The van der Waals surface area contributed by atoms with Crippen LogP contribution in [0.25, 0.3) is 11.0 Å². The van der Waals surface area contributed by atoms with E-state index in [2.05, 4.69) is 23.7 Å². The highest BCUT2D eigenvalue weighted by atomic mass is 16.5. The normalized spacial score (nSPS) is 19.3. The number of methoxy groups -OCH3 is 3. The molecule has 1 aromatic heterocycles. The number of hydrogen-bond donors (Lipinski definition) is 1. The fourth-order valence-corrected chi connectivity index (χ4v) is 5.06. The number of para-hydroxylation sites is 2.